The average molecular weight is 246 g/mol. The van der Waals surface area contributed by atoms with Crippen molar-refractivity contribution in [1.29, 1.82) is 0 Å². The number of carbonyl (C=O) groups is 2. The van der Waals surface area contributed by atoms with E-state index in [2.05, 4.69) is 10.6 Å². The lowest BCUT2D eigenvalue weighted by molar-refractivity contribution is -0.138. The van der Waals surface area contributed by atoms with E-state index in [0.717, 1.165) is 12.0 Å². The lowest BCUT2D eigenvalue weighted by Gasteiger charge is -2.32. The molecule has 2 rings (SSSR count). The lowest BCUT2D eigenvalue weighted by Crippen LogP contribution is -2.59. The maximum atomic E-state index is 12.0. The number of rotatable bonds is 3. The molecule has 2 amide bonds. The Balaban J connectivity index is 2.16. The first-order valence-corrected chi connectivity index (χ1v) is 6.29. The maximum Gasteiger partial charge on any atom is 0.247 e. The Morgan fingerprint density at radius 2 is 1.78 bits per heavy atom. The molecule has 1 fully saturated rings. The summed E-state index contributed by atoms with van der Waals surface area (Å²) in [6, 6.07) is 8.29. The lowest BCUT2D eigenvalue weighted by atomic mass is 9.94. The van der Waals surface area contributed by atoms with Crippen LogP contribution in [0.15, 0.2) is 30.3 Å². The van der Waals surface area contributed by atoms with Crippen molar-refractivity contribution in [2.24, 2.45) is 5.92 Å². The van der Waals surface area contributed by atoms with Gasteiger partial charge in [0.25, 0.3) is 0 Å². The van der Waals surface area contributed by atoms with Crippen LogP contribution in [0, 0.1) is 5.92 Å². The molecular formula is C14H18N2O2. The molecule has 1 saturated heterocycles. The van der Waals surface area contributed by atoms with Gasteiger partial charge in [-0.1, -0.05) is 50.6 Å². The summed E-state index contributed by atoms with van der Waals surface area (Å²) in [6.45, 7) is 3.97. The van der Waals surface area contributed by atoms with Crippen molar-refractivity contribution in [3.63, 3.8) is 0 Å². The third kappa shape index (κ3) is 2.37. The summed E-state index contributed by atoms with van der Waals surface area (Å²) in [4.78, 5) is 24.0. The second-order valence-corrected chi connectivity index (χ2v) is 4.72. The molecule has 2 N–H and O–H groups in total. The van der Waals surface area contributed by atoms with E-state index >= 15 is 0 Å². The fraction of sp³-hybridized carbons (Fsp3) is 0.429. The van der Waals surface area contributed by atoms with Crippen LogP contribution in [-0.4, -0.2) is 17.9 Å². The fourth-order valence-electron chi connectivity index (χ4n) is 2.12. The summed E-state index contributed by atoms with van der Waals surface area (Å²) >= 11 is 0. The predicted molar refractivity (Wildman–Crippen MR) is 68.7 cm³/mol. The van der Waals surface area contributed by atoms with Crippen molar-refractivity contribution in [2.45, 2.75) is 32.4 Å². The molecule has 1 aliphatic heterocycles. The molecule has 1 aromatic carbocycles. The standard InChI is InChI=1S/C14H18N2O2/c1-3-9(2)11-13(17)16-12(14(18)15-11)10-7-5-4-6-8-10/h4-9,11-12H,3H2,1-2H3,(H,15,18)(H,16,17)/t9-,11-,12-/m0/s1. The molecule has 0 radical (unpaired) electrons. The minimum absolute atomic E-state index is 0.0993. The smallest absolute Gasteiger partial charge is 0.247 e. The third-order valence-corrected chi connectivity index (χ3v) is 3.47. The predicted octanol–water partition coefficient (Wildman–Crippen LogP) is 1.39. The number of piperazine rings is 1. The Bertz CT molecular complexity index is 444. The van der Waals surface area contributed by atoms with Crippen molar-refractivity contribution in [3.05, 3.63) is 35.9 Å². The van der Waals surface area contributed by atoms with E-state index in [1.54, 1.807) is 0 Å². The Kier molecular flexibility index (Phi) is 3.65. The van der Waals surface area contributed by atoms with Gasteiger partial charge in [0.1, 0.15) is 12.1 Å². The van der Waals surface area contributed by atoms with E-state index in [9.17, 15) is 9.59 Å². The van der Waals surface area contributed by atoms with Gasteiger partial charge in [0.05, 0.1) is 0 Å². The molecule has 3 atom stereocenters. The molecule has 0 aliphatic carbocycles. The van der Waals surface area contributed by atoms with Gasteiger partial charge in [-0.15, -0.1) is 0 Å². The molecule has 4 heteroatoms. The van der Waals surface area contributed by atoms with Crippen molar-refractivity contribution in [3.8, 4) is 0 Å². The van der Waals surface area contributed by atoms with E-state index in [-0.39, 0.29) is 17.7 Å². The highest BCUT2D eigenvalue weighted by Gasteiger charge is 2.36. The van der Waals surface area contributed by atoms with Gasteiger partial charge in [-0.2, -0.15) is 0 Å². The first-order valence-electron chi connectivity index (χ1n) is 6.29. The van der Waals surface area contributed by atoms with Crippen molar-refractivity contribution in [2.75, 3.05) is 0 Å². The molecule has 0 aromatic heterocycles. The summed E-state index contributed by atoms with van der Waals surface area (Å²) in [5, 5.41) is 5.61. The third-order valence-electron chi connectivity index (χ3n) is 3.47. The van der Waals surface area contributed by atoms with Gasteiger partial charge >= 0.3 is 0 Å². The Morgan fingerprint density at radius 1 is 1.11 bits per heavy atom. The highest BCUT2D eigenvalue weighted by atomic mass is 16.2. The highest BCUT2D eigenvalue weighted by Crippen LogP contribution is 2.19. The van der Waals surface area contributed by atoms with E-state index in [1.807, 2.05) is 44.2 Å². The van der Waals surface area contributed by atoms with Crippen LogP contribution < -0.4 is 10.6 Å². The Labute approximate surface area is 107 Å². The molecule has 4 nitrogen and oxygen atoms in total. The van der Waals surface area contributed by atoms with Crippen LogP contribution in [0.3, 0.4) is 0 Å². The molecular weight excluding hydrogens is 228 g/mol. The molecule has 0 unspecified atom stereocenters. The van der Waals surface area contributed by atoms with Gasteiger partial charge in [0.15, 0.2) is 0 Å². The SMILES string of the molecule is CC[C@H](C)[C@@H]1NC(=O)[C@H](c2ccccc2)NC1=O. The zero-order valence-corrected chi connectivity index (χ0v) is 10.6. The van der Waals surface area contributed by atoms with E-state index in [4.69, 9.17) is 0 Å². The number of carbonyl (C=O) groups excluding carboxylic acids is 2. The van der Waals surface area contributed by atoms with Crippen LogP contribution >= 0.6 is 0 Å². The van der Waals surface area contributed by atoms with Gasteiger partial charge in [0, 0.05) is 0 Å². The minimum Gasteiger partial charge on any atom is -0.342 e. The van der Waals surface area contributed by atoms with Crippen LogP contribution in [-0.2, 0) is 9.59 Å². The zero-order valence-electron chi connectivity index (χ0n) is 10.6. The molecule has 1 heterocycles. The molecule has 1 aromatic rings. The first kappa shape index (κ1) is 12.6. The van der Waals surface area contributed by atoms with Crippen LogP contribution in [0.1, 0.15) is 31.9 Å². The zero-order chi connectivity index (χ0) is 13.1. The van der Waals surface area contributed by atoms with Crippen LogP contribution in [0.4, 0.5) is 0 Å². The minimum atomic E-state index is -0.570. The van der Waals surface area contributed by atoms with Gasteiger partial charge in [-0.3, -0.25) is 9.59 Å². The van der Waals surface area contributed by atoms with E-state index < -0.39 is 12.1 Å². The summed E-state index contributed by atoms with van der Waals surface area (Å²) in [6.07, 6.45) is 0.856. The first-order chi connectivity index (χ1) is 8.63. The van der Waals surface area contributed by atoms with Gasteiger partial charge in [-0.25, -0.2) is 0 Å². The molecule has 0 bridgehead atoms. The van der Waals surface area contributed by atoms with Gasteiger partial charge in [-0.05, 0) is 11.5 Å². The van der Waals surface area contributed by atoms with Crippen LogP contribution in [0.25, 0.3) is 0 Å². The number of nitrogens with one attached hydrogen (secondary N) is 2. The largest absolute Gasteiger partial charge is 0.342 e. The summed E-state index contributed by atoms with van der Waals surface area (Å²) in [5.74, 6) is -0.0884. The van der Waals surface area contributed by atoms with Gasteiger partial charge in [0.2, 0.25) is 11.8 Å². The van der Waals surface area contributed by atoms with Gasteiger partial charge < -0.3 is 10.6 Å². The number of benzene rings is 1. The molecule has 1 aliphatic rings. The quantitative estimate of drug-likeness (QED) is 0.846. The number of amides is 2. The van der Waals surface area contributed by atoms with Crippen molar-refractivity contribution >= 4 is 11.8 Å². The van der Waals surface area contributed by atoms with E-state index in [0.29, 0.717) is 0 Å². The number of hydrogen-bond acceptors (Lipinski definition) is 2. The fourth-order valence-corrected chi connectivity index (χ4v) is 2.12. The topological polar surface area (TPSA) is 58.2 Å². The summed E-state index contributed by atoms with van der Waals surface area (Å²) in [5.41, 5.74) is 0.811. The van der Waals surface area contributed by atoms with Crippen molar-refractivity contribution < 1.29 is 9.59 Å². The van der Waals surface area contributed by atoms with E-state index in [1.165, 1.54) is 0 Å². The van der Waals surface area contributed by atoms with Crippen molar-refractivity contribution in [1.82, 2.24) is 10.6 Å². The van der Waals surface area contributed by atoms with Crippen LogP contribution in [0.2, 0.25) is 0 Å². The molecule has 0 spiro atoms. The summed E-state index contributed by atoms with van der Waals surface area (Å²) in [7, 11) is 0. The Hall–Kier alpha value is -1.84. The maximum absolute atomic E-state index is 12.0. The number of hydrogen-bond donors (Lipinski definition) is 2. The second-order valence-electron chi connectivity index (χ2n) is 4.72. The van der Waals surface area contributed by atoms with Crippen LogP contribution in [0.5, 0.6) is 0 Å². The molecule has 18 heavy (non-hydrogen) atoms. The highest BCUT2D eigenvalue weighted by molar-refractivity contribution is 5.97. The Morgan fingerprint density at radius 3 is 2.39 bits per heavy atom. The summed E-state index contributed by atoms with van der Waals surface area (Å²) < 4.78 is 0. The second kappa shape index (κ2) is 5.21. The normalized spacial score (nSPS) is 25.2. The average Bonchev–Trinajstić information content (AvgIpc) is 2.41. The molecule has 96 valence electrons. The molecule has 0 saturated carbocycles. The monoisotopic (exact) mass is 246 g/mol.